The number of para-hydroxylation sites is 2. The highest BCUT2D eigenvalue weighted by Crippen LogP contribution is 2.23. The Morgan fingerprint density at radius 2 is 1.96 bits per heavy atom. The van der Waals surface area contributed by atoms with E-state index in [0.29, 0.717) is 28.0 Å². The van der Waals surface area contributed by atoms with E-state index >= 15 is 0 Å². The summed E-state index contributed by atoms with van der Waals surface area (Å²) in [5.41, 5.74) is 7.42. The monoisotopic (exact) mass is 350 g/mol. The molecule has 1 atom stereocenters. The SMILES string of the molecule is COC(=O)c1ccccc1-n1c([C@@H]2CCNN2)nc2ccccc2c1=O. The average molecular weight is 350 g/mol. The molecular weight excluding hydrogens is 332 g/mol. The van der Waals surface area contributed by atoms with E-state index in [-0.39, 0.29) is 11.6 Å². The van der Waals surface area contributed by atoms with Gasteiger partial charge in [0.1, 0.15) is 5.82 Å². The third kappa shape index (κ3) is 2.67. The van der Waals surface area contributed by atoms with Gasteiger partial charge < -0.3 is 4.74 Å². The molecule has 132 valence electrons. The van der Waals surface area contributed by atoms with E-state index in [9.17, 15) is 9.59 Å². The molecule has 0 bridgehead atoms. The van der Waals surface area contributed by atoms with Gasteiger partial charge in [-0.1, -0.05) is 24.3 Å². The van der Waals surface area contributed by atoms with E-state index in [1.807, 2.05) is 12.1 Å². The maximum Gasteiger partial charge on any atom is 0.339 e. The van der Waals surface area contributed by atoms with Crippen LogP contribution in [0.4, 0.5) is 0 Å². The van der Waals surface area contributed by atoms with Crippen molar-refractivity contribution in [1.29, 1.82) is 0 Å². The van der Waals surface area contributed by atoms with E-state index in [0.717, 1.165) is 13.0 Å². The first-order valence-electron chi connectivity index (χ1n) is 8.38. The van der Waals surface area contributed by atoms with Crippen molar-refractivity contribution in [2.24, 2.45) is 0 Å². The molecule has 7 heteroatoms. The van der Waals surface area contributed by atoms with Crippen LogP contribution >= 0.6 is 0 Å². The van der Waals surface area contributed by atoms with Gasteiger partial charge in [-0.3, -0.25) is 14.8 Å². The molecule has 3 aromatic rings. The summed E-state index contributed by atoms with van der Waals surface area (Å²) in [4.78, 5) is 30.3. The third-order valence-electron chi connectivity index (χ3n) is 4.50. The van der Waals surface area contributed by atoms with Crippen molar-refractivity contribution < 1.29 is 9.53 Å². The zero-order valence-corrected chi connectivity index (χ0v) is 14.2. The Bertz CT molecular complexity index is 1040. The highest BCUT2D eigenvalue weighted by Gasteiger charge is 2.25. The number of rotatable bonds is 3. The van der Waals surface area contributed by atoms with Crippen molar-refractivity contribution in [3.8, 4) is 5.69 Å². The number of esters is 1. The number of benzene rings is 2. The first kappa shape index (κ1) is 16.4. The van der Waals surface area contributed by atoms with Crippen molar-refractivity contribution in [3.63, 3.8) is 0 Å². The van der Waals surface area contributed by atoms with Crippen LogP contribution in [0.25, 0.3) is 16.6 Å². The largest absolute Gasteiger partial charge is 0.465 e. The molecule has 2 N–H and O–H groups in total. The van der Waals surface area contributed by atoms with Gasteiger partial charge in [-0.25, -0.2) is 15.2 Å². The molecule has 0 aliphatic carbocycles. The molecular formula is C19H18N4O3. The van der Waals surface area contributed by atoms with E-state index in [1.54, 1.807) is 36.4 Å². The second kappa shape index (κ2) is 6.70. The van der Waals surface area contributed by atoms with Gasteiger partial charge in [-0.2, -0.15) is 0 Å². The van der Waals surface area contributed by atoms with Crippen LogP contribution in [0.15, 0.2) is 53.3 Å². The van der Waals surface area contributed by atoms with Gasteiger partial charge in [-0.15, -0.1) is 0 Å². The van der Waals surface area contributed by atoms with Gasteiger partial charge in [0.25, 0.3) is 5.56 Å². The van der Waals surface area contributed by atoms with Gasteiger partial charge in [-0.05, 0) is 30.7 Å². The summed E-state index contributed by atoms with van der Waals surface area (Å²) < 4.78 is 6.40. The predicted molar refractivity (Wildman–Crippen MR) is 97.2 cm³/mol. The van der Waals surface area contributed by atoms with Crippen LogP contribution < -0.4 is 16.4 Å². The lowest BCUT2D eigenvalue weighted by molar-refractivity contribution is 0.0600. The van der Waals surface area contributed by atoms with E-state index in [2.05, 4.69) is 10.9 Å². The smallest absolute Gasteiger partial charge is 0.339 e. The Kier molecular flexibility index (Phi) is 4.24. The van der Waals surface area contributed by atoms with Crippen LogP contribution in [0.5, 0.6) is 0 Å². The van der Waals surface area contributed by atoms with Crippen LogP contribution in [0.1, 0.15) is 28.6 Å². The molecule has 0 amide bonds. The maximum absolute atomic E-state index is 13.3. The fourth-order valence-electron chi connectivity index (χ4n) is 3.25. The number of ether oxygens (including phenoxy) is 1. The minimum absolute atomic E-state index is 0.141. The quantitative estimate of drug-likeness (QED) is 0.700. The van der Waals surface area contributed by atoms with Crippen LogP contribution in [0.2, 0.25) is 0 Å². The van der Waals surface area contributed by atoms with Crippen LogP contribution in [0, 0.1) is 0 Å². The molecule has 1 fully saturated rings. The van der Waals surface area contributed by atoms with Crippen LogP contribution in [-0.4, -0.2) is 29.2 Å². The zero-order chi connectivity index (χ0) is 18.1. The van der Waals surface area contributed by atoms with Crippen molar-refractivity contribution in [3.05, 3.63) is 70.3 Å². The number of fused-ring (bicyclic) bond motifs is 1. The molecule has 0 radical (unpaired) electrons. The molecule has 1 aliphatic rings. The number of aromatic nitrogens is 2. The lowest BCUT2D eigenvalue weighted by Crippen LogP contribution is -2.32. The number of nitrogens with one attached hydrogen (secondary N) is 2. The lowest BCUT2D eigenvalue weighted by Gasteiger charge is -2.19. The number of methoxy groups -OCH3 is 1. The van der Waals surface area contributed by atoms with Crippen LogP contribution in [-0.2, 0) is 4.74 Å². The van der Waals surface area contributed by atoms with E-state index < -0.39 is 5.97 Å². The summed E-state index contributed by atoms with van der Waals surface area (Å²) in [6.07, 6.45) is 0.783. The highest BCUT2D eigenvalue weighted by molar-refractivity contribution is 5.93. The van der Waals surface area contributed by atoms with Crippen molar-refractivity contribution >= 4 is 16.9 Å². The summed E-state index contributed by atoms with van der Waals surface area (Å²) >= 11 is 0. The molecule has 4 rings (SSSR count). The maximum atomic E-state index is 13.3. The summed E-state index contributed by atoms with van der Waals surface area (Å²) in [7, 11) is 1.32. The molecule has 2 heterocycles. The molecule has 0 unspecified atom stereocenters. The van der Waals surface area contributed by atoms with Gasteiger partial charge in [0.2, 0.25) is 0 Å². The number of nitrogens with zero attached hydrogens (tertiary/aromatic N) is 2. The molecule has 1 aromatic heterocycles. The topological polar surface area (TPSA) is 85.2 Å². The minimum Gasteiger partial charge on any atom is -0.465 e. The Morgan fingerprint density at radius 3 is 2.73 bits per heavy atom. The minimum atomic E-state index is -0.496. The average Bonchev–Trinajstić information content (AvgIpc) is 3.22. The molecule has 7 nitrogen and oxygen atoms in total. The fraction of sp³-hybridized carbons (Fsp3) is 0.211. The second-order valence-electron chi connectivity index (χ2n) is 6.05. The van der Waals surface area contributed by atoms with Gasteiger partial charge in [0.05, 0.1) is 35.3 Å². The first-order valence-corrected chi connectivity index (χ1v) is 8.38. The number of hydrogen-bond donors (Lipinski definition) is 2. The van der Waals surface area contributed by atoms with Crippen molar-refractivity contribution in [2.45, 2.75) is 12.5 Å². The zero-order valence-electron chi connectivity index (χ0n) is 14.2. The van der Waals surface area contributed by atoms with E-state index in [4.69, 9.17) is 9.72 Å². The molecule has 0 saturated carbocycles. The Morgan fingerprint density at radius 1 is 1.19 bits per heavy atom. The number of hydrogen-bond acceptors (Lipinski definition) is 6. The molecule has 26 heavy (non-hydrogen) atoms. The molecule has 1 saturated heterocycles. The summed E-state index contributed by atoms with van der Waals surface area (Å²) in [5.74, 6) is 0.0687. The second-order valence-corrected chi connectivity index (χ2v) is 6.05. The normalized spacial score (nSPS) is 16.7. The molecule has 2 aromatic carbocycles. The highest BCUT2D eigenvalue weighted by atomic mass is 16.5. The fourth-order valence-corrected chi connectivity index (χ4v) is 3.25. The van der Waals surface area contributed by atoms with Gasteiger partial charge >= 0.3 is 5.97 Å². The first-order chi connectivity index (χ1) is 12.7. The standard InChI is InChI=1S/C19H18N4O3/c1-26-19(25)13-7-3-5-9-16(13)23-17(15-10-11-20-22-15)21-14-8-4-2-6-12(14)18(23)24/h2-9,15,20,22H,10-11H2,1H3/t15-/m0/s1. The van der Waals surface area contributed by atoms with Crippen molar-refractivity contribution in [2.75, 3.05) is 13.7 Å². The van der Waals surface area contributed by atoms with Gasteiger partial charge in [0, 0.05) is 6.54 Å². The number of hydrazine groups is 1. The number of carbonyl (C=O) groups excluding carboxylic acids is 1. The molecule has 0 spiro atoms. The Labute approximate surface area is 149 Å². The summed E-state index contributed by atoms with van der Waals surface area (Å²) in [6.45, 7) is 0.770. The summed E-state index contributed by atoms with van der Waals surface area (Å²) in [5, 5.41) is 0.502. The van der Waals surface area contributed by atoms with Crippen LogP contribution in [0.3, 0.4) is 0 Å². The third-order valence-corrected chi connectivity index (χ3v) is 4.50. The Balaban J connectivity index is 2.06. The van der Waals surface area contributed by atoms with Gasteiger partial charge in [0.15, 0.2) is 0 Å². The van der Waals surface area contributed by atoms with Crippen molar-refractivity contribution in [1.82, 2.24) is 20.4 Å². The summed E-state index contributed by atoms with van der Waals surface area (Å²) in [6, 6.07) is 14.0. The Hall–Kier alpha value is -3.03. The predicted octanol–water partition coefficient (Wildman–Crippen LogP) is 1.71. The van der Waals surface area contributed by atoms with E-state index in [1.165, 1.54) is 11.7 Å². The lowest BCUT2D eigenvalue weighted by atomic mass is 10.1. The number of carbonyl (C=O) groups is 1. The molecule has 1 aliphatic heterocycles.